The molecule has 1 atom stereocenters. The van der Waals surface area contributed by atoms with Crippen LogP contribution in [0.4, 0.5) is 0 Å². The van der Waals surface area contributed by atoms with Gasteiger partial charge in [-0.05, 0) is 32.9 Å². The molecule has 0 aliphatic heterocycles. The zero-order chi connectivity index (χ0) is 11.7. The van der Waals surface area contributed by atoms with E-state index in [1.807, 2.05) is 7.05 Å². The SMILES string of the molecule is CNCCCC(CCC(N)=O)NC(C)=O. The van der Waals surface area contributed by atoms with E-state index in [1.165, 1.54) is 6.92 Å². The van der Waals surface area contributed by atoms with Gasteiger partial charge in [0.2, 0.25) is 11.8 Å². The lowest BCUT2D eigenvalue weighted by molar-refractivity contribution is -0.121. The molecule has 0 rings (SSSR count). The van der Waals surface area contributed by atoms with Gasteiger partial charge >= 0.3 is 0 Å². The molecule has 0 aromatic heterocycles. The first-order chi connectivity index (χ1) is 7.06. The third kappa shape index (κ3) is 9.21. The van der Waals surface area contributed by atoms with E-state index in [9.17, 15) is 9.59 Å². The van der Waals surface area contributed by atoms with Crippen molar-refractivity contribution in [1.29, 1.82) is 0 Å². The van der Waals surface area contributed by atoms with Gasteiger partial charge in [-0.3, -0.25) is 9.59 Å². The zero-order valence-electron chi connectivity index (χ0n) is 9.51. The van der Waals surface area contributed by atoms with E-state index in [4.69, 9.17) is 5.73 Å². The standard InChI is InChI=1S/C10H21N3O2/c1-8(14)13-9(4-3-7-12-2)5-6-10(11)15/h9,12H,3-7H2,1-2H3,(H2,11,15)(H,13,14). The highest BCUT2D eigenvalue weighted by atomic mass is 16.1. The Labute approximate surface area is 90.8 Å². The van der Waals surface area contributed by atoms with E-state index in [-0.39, 0.29) is 17.9 Å². The number of primary amides is 1. The Bertz CT molecular complexity index is 207. The fourth-order valence-corrected chi connectivity index (χ4v) is 1.42. The van der Waals surface area contributed by atoms with Crippen LogP contribution in [0.15, 0.2) is 0 Å². The minimum Gasteiger partial charge on any atom is -0.370 e. The number of amides is 2. The molecule has 0 aromatic carbocycles. The molecule has 0 fully saturated rings. The van der Waals surface area contributed by atoms with Gasteiger partial charge in [-0.15, -0.1) is 0 Å². The molecule has 0 aliphatic carbocycles. The third-order valence-electron chi connectivity index (χ3n) is 2.13. The van der Waals surface area contributed by atoms with Crippen LogP contribution < -0.4 is 16.4 Å². The van der Waals surface area contributed by atoms with Crippen molar-refractivity contribution < 1.29 is 9.59 Å². The van der Waals surface area contributed by atoms with Crippen LogP contribution in [0, 0.1) is 0 Å². The van der Waals surface area contributed by atoms with Crippen LogP contribution >= 0.6 is 0 Å². The van der Waals surface area contributed by atoms with E-state index in [1.54, 1.807) is 0 Å². The van der Waals surface area contributed by atoms with Crippen molar-refractivity contribution in [2.45, 2.75) is 38.6 Å². The first-order valence-corrected chi connectivity index (χ1v) is 5.26. The Balaban J connectivity index is 3.83. The Kier molecular flexibility index (Phi) is 7.62. The largest absolute Gasteiger partial charge is 0.370 e. The number of carbonyl (C=O) groups excluding carboxylic acids is 2. The average Bonchev–Trinajstić information content (AvgIpc) is 2.13. The maximum absolute atomic E-state index is 10.9. The summed E-state index contributed by atoms with van der Waals surface area (Å²) in [6, 6.07) is 0.0587. The fraction of sp³-hybridized carbons (Fsp3) is 0.800. The highest BCUT2D eigenvalue weighted by Crippen LogP contribution is 2.04. The maximum atomic E-state index is 10.9. The predicted octanol–water partition coefficient (Wildman–Crippen LogP) is -0.244. The second-order valence-corrected chi connectivity index (χ2v) is 3.65. The van der Waals surface area contributed by atoms with Gasteiger partial charge in [-0.25, -0.2) is 0 Å². The monoisotopic (exact) mass is 215 g/mol. The first kappa shape index (κ1) is 13.9. The summed E-state index contributed by atoms with van der Waals surface area (Å²) in [6.07, 6.45) is 2.79. The Hall–Kier alpha value is -1.10. The van der Waals surface area contributed by atoms with Crippen molar-refractivity contribution >= 4 is 11.8 Å². The molecule has 0 aromatic rings. The second kappa shape index (κ2) is 8.23. The highest BCUT2D eigenvalue weighted by molar-refractivity contribution is 5.74. The number of nitrogens with one attached hydrogen (secondary N) is 2. The van der Waals surface area contributed by atoms with Gasteiger partial charge in [0.1, 0.15) is 0 Å². The fourth-order valence-electron chi connectivity index (χ4n) is 1.42. The first-order valence-electron chi connectivity index (χ1n) is 5.26. The molecular weight excluding hydrogens is 194 g/mol. The maximum Gasteiger partial charge on any atom is 0.217 e. The third-order valence-corrected chi connectivity index (χ3v) is 2.13. The Morgan fingerprint density at radius 1 is 1.33 bits per heavy atom. The molecule has 5 heteroatoms. The van der Waals surface area contributed by atoms with Crippen LogP contribution in [0.3, 0.4) is 0 Å². The molecule has 2 amide bonds. The number of rotatable bonds is 8. The topological polar surface area (TPSA) is 84.2 Å². The minimum atomic E-state index is -0.320. The van der Waals surface area contributed by atoms with Crippen LogP contribution in [0.5, 0.6) is 0 Å². The predicted molar refractivity (Wildman–Crippen MR) is 59.2 cm³/mol. The summed E-state index contributed by atoms with van der Waals surface area (Å²) in [5, 5.41) is 5.86. The van der Waals surface area contributed by atoms with Crippen molar-refractivity contribution in [3.05, 3.63) is 0 Å². The quantitative estimate of drug-likeness (QED) is 0.488. The van der Waals surface area contributed by atoms with E-state index in [0.29, 0.717) is 12.8 Å². The minimum absolute atomic E-state index is 0.0587. The smallest absolute Gasteiger partial charge is 0.217 e. The van der Waals surface area contributed by atoms with E-state index in [0.717, 1.165) is 19.4 Å². The lowest BCUT2D eigenvalue weighted by Crippen LogP contribution is -2.34. The van der Waals surface area contributed by atoms with Crippen molar-refractivity contribution in [2.75, 3.05) is 13.6 Å². The van der Waals surface area contributed by atoms with Gasteiger partial charge in [0, 0.05) is 19.4 Å². The van der Waals surface area contributed by atoms with Crippen LogP contribution in [0.2, 0.25) is 0 Å². The van der Waals surface area contributed by atoms with Gasteiger partial charge in [-0.2, -0.15) is 0 Å². The Morgan fingerprint density at radius 3 is 2.47 bits per heavy atom. The van der Waals surface area contributed by atoms with Crippen molar-refractivity contribution in [2.24, 2.45) is 5.73 Å². The summed E-state index contributed by atoms with van der Waals surface area (Å²) in [5.41, 5.74) is 5.06. The highest BCUT2D eigenvalue weighted by Gasteiger charge is 2.10. The molecule has 0 aliphatic rings. The summed E-state index contributed by atoms with van der Waals surface area (Å²) >= 11 is 0. The van der Waals surface area contributed by atoms with Crippen LogP contribution in [-0.2, 0) is 9.59 Å². The van der Waals surface area contributed by atoms with Gasteiger partial charge in [-0.1, -0.05) is 0 Å². The molecule has 0 spiro atoms. The normalized spacial score (nSPS) is 12.1. The molecule has 88 valence electrons. The molecule has 0 bridgehead atoms. The van der Waals surface area contributed by atoms with E-state index < -0.39 is 0 Å². The summed E-state index contributed by atoms with van der Waals surface area (Å²) in [4.78, 5) is 21.5. The molecule has 5 nitrogen and oxygen atoms in total. The summed E-state index contributed by atoms with van der Waals surface area (Å²) in [7, 11) is 1.89. The van der Waals surface area contributed by atoms with Gasteiger partial charge in [0.05, 0.1) is 0 Å². The van der Waals surface area contributed by atoms with Crippen molar-refractivity contribution in [1.82, 2.24) is 10.6 Å². The van der Waals surface area contributed by atoms with Crippen LogP contribution in [0.1, 0.15) is 32.6 Å². The van der Waals surface area contributed by atoms with Crippen molar-refractivity contribution in [3.63, 3.8) is 0 Å². The van der Waals surface area contributed by atoms with E-state index in [2.05, 4.69) is 10.6 Å². The van der Waals surface area contributed by atoms with E-state index >= 15 is 0 Å². The van der Waals surface area contributed by atoms with Crippen LogP contribution in [-0.4, -0.2) is 31.4 Å². The number of hydrogen-bond donors (Lipinski definition) is 3. The van der Waals surface area contributed by atoms with Gasteiger partial charge in [0.15, 0.2) is 0 Å². The average molecular weight is 215 g/mol. The number of hydrogen-bond acceptors (Lipinski definition) is 3. The van der Waals surface area contributed by atoms with Gasteiger partial charge in [0.25, 0.3) is 0 Å². The number of nitrogens with two attached hydrogens (primary N) is 1. The second-order valence-electron chi connectivity index (χ2n) is 3.65. The molecular formula is C10H21N3O2. The zero-order valence-corrected chi connectivity index (χ0v) is 9.51. The molecule has 4 N–H and O–H groups in total. The molecule has 1 unspecified atom stereocenters. The number of carbonyl (C=O) groups is 2. The lowest BCUT2D eigenvalue weighted by atomic mass is 10.1. The lowest BCUT2D eigenvalue weighted by Gasteiger charge is -2.16. The summed E-state index contributed by atoms with van der Waals surface area (Å²) in [6.45, 7) is 2.39. The molecule has 15 heavy (non-hydrogen) atoms. The molecule has 0 saturated heterocycles. The summed E-state index contributed by atoms with van der Waals surface area (Å²) < 4.78 is 0. The summed E-state index contributed by atoms with van der Waals surface area (Å²) in [5.74, 6) is -0.382. The molecule has 0 saturated carbocycles. The molecule has 0 heterocycles. The van der Waals surface area contributed by atoms with Crippen LogP contribution in [0.25, 0.3) is 0 Å². The molecule has 0 radical (unpaired) electrons. The van der Waals surface area contributed by atoms with Crippen molar-refractivity contribution in [3.8, 4) is 0 Å². The van der Waals surface area contributed by atoms with Gasteiger partial charge < -0.3 is 16.4 Å². The Morgan fingerprint density at radius 2 is 2.00 bits per heavy atom.